The van der Waals surface area contributed by atoms with Crippen molar-refractivity contribution in [3.05, 3.63) is 52.7 Å². The second kappa shape index (κ2) is 8.35. The third-order valence-corrected chi connectivity index (χ3v) is 4.00. The minimum Gasteiger partial charge on any atom is -0.486 e. The first-order valence-electron chi connectivity index (χ1n) is 8.47. The summed E-state index contributed by atoms with van der Waals surface area (Å²) in [4.78, 5) is 28.0. The monoisotopic (exact) mass is 373 g/mol. The Morgan fingerprint density at radius 1 is 1.33 bits per heavy atom. The Morgan fingerprint density at radius 3 is 2.85 bits per heavy atom. The lowest BCUT2D eigenvalue weighted by Crippen LogP contribution is -2.45. The zero-order valence-corrected chi connectivity index (χ0v) is 14.7. The van der Waals surface area contributed by atoms with Crippen molar-refractivity contribution >= 4 is 11.7 Å². The van der Waals surface area contributed by atoms with E-state index in [-0.39, 0.29) is 24.4 Å². The molecule has 0 saturated carbocycles. The molecule has 0 bridgehead atoms. The first kappa shape index (κ1) is 18.4. The number of fused-ring (bicyclic) bond motifs is 1. The maximum atomic E-state index is 12.5. The predicted octanol–water partition coefficient (Wildman–Crippen LogP) is 2.06. The van der Waals surface area contributed by atoms with E-state index in [2.05, 4.69) is 4.98 Å². The average Bonchev–Trinajstić information content (AvgIpc) is 2.70. The molecule has 0 N–H and O–H groups in total. The molecule has 1 aliphatic heterocycles. The van der Waals surface area contributed by atoms with E-state index in [1.54, 1.807) is 4.90 Å². The molecule has 2 aromatic rings. The van der Waals surface area contributed by atoms with Crippen molar-refractivity contribution in [2.75, 3.05) is 26.3 Å². The molecule has 0 saturated heterocycles. The Hall–Kier alpha value is -3.36. The smallest absolute Gasteiger partial charge is 0.406 e. The molecule has 0 spiro atoms. The number of para-hydroxylation sites is 2. The van der Waals surface area contributed by atoms with Gasteiger partial charge in [0.2, 0.25) is 5.75 Å². The highest BCUT2D eigenvalue weighted by atomic mass is 16.6. The van der Waals surface area contributed by atoms with Crippen LogP contribution in [0.2, 0.25) is 0 Å². The molecule has 1 aromatic carbocycles. The number of likely N-dealkylation sites (N-methyl/N-ethyl adjacent to an activating group) is 1. The number of hydrogen-bond donors (Lipinski definition) is 0. The van der Waals surface area contributed by atoms with E-state index in [9.17, 15) is 14.9 Å². The van der Waals surface area contributed by atoms with Crippen molar-refractivity contribution in [1.82, 2.24) is 9.88 Å². The minimum atomic E-state index is -0.651. The van der Waals surface area contributed by atoms with Crippen LogP contribution in [0, 0.1) is 10.1 Å². The molecule has 0 unspecified atom stereocenters. The predicted molar refractivity (Wildman–Crippen MR) is 95.0 cm³/mol. The topological polar surface area (TPSA) is 104 Å². The van der Waals surface area contributed by atoms with Gasteiger partial charge in [-0.15, -0.1) is 0 Å². The van der Waals surface area contributed by atoms with Crippen molar-refractivity contribution < 1.29 is 23.9 Å². The van der Waals surface area contributed by atoms with E-state index in [0.717, 1.165) is 0 Å². The number of nitrogens with zero attached hydrogens (tertiary/aromatic N) is 3. The number of benzene rings is 1. The van der Waals surface area contributed by atoms with Crippen LogP contribution in [0.25, 0.3) is 0 Å². The molecular weight excluding hydrogens is 354 g/mol. The average molecular weight is 373 g/mol. The van der Waals surface area contributed by atoms with Gasteiger partial charge in [0, 0.05) is 6.54 Å². The van der Waals surface area contributed by atoms with Crippen LogP contribution in [-0.4, -0.2) is 53.1 Å². The van der Waals surface area contributed by atoms with Crippen LogP contribution in [0.3, 0.4) is 0 Å². The van der Waals surface area contributed by atoms with Crippen LogP contribution in [0.5, 0.6) is 17.2 Å². The summed E-state index contributed by atoms with van der Waals surface area (Å²) >= 11 is 0. The van der Waals surface area contributed by atoms with Crippen LogP contribution >= 0.6 is 0 Å². The summed E-state index contributed by atoms with van der Waals surface area (Å²) in [6.45, 7) is 2.60. The Balaban J connectivity index is 1.58. The summed E-state index contributed by atoms with van der Waals surface area (Å²) < 4.78 is 16.8. The number of ether oxygens (including phenoxy) is 3. The minimum absolute atomic E-state index is 0.0434. The van der Waals surface area contributed by atoms with Crippen LogP contribution in [0.4, 0.5) is 5.82 Å². The van der Waals surface area contributed by atoms with E-state index in [0.29, 0.717) is 31.2 Å². The van der Waals surface area contributed by atoms with Gasteiger partial charge in [0.25, 0.3) is 5.91 Å². The van der Waals surface area contributed by atoms with Gasteiger partial charge >= 0.3 is 5.82 Å². The molecule has 0 aliphatic carbocycles. The maximum absolute atomic E-state index is 12.5. The summed E-state index contributed by atoms with van der Waals surface area (Å²) in [5.41, 5.74) is 0. The SMILES string of the molecule is CCN(C[C@H]1COc2ccccc2O1)C(=O)COc1cccnc1[N+](=O)[O-]. The van der Waals surface area contributed by atoms with Gasteiger partial charge in [0.05, 0.1) is 6.54 Å². The molecule has 27 heavy (non-hydrogen) atoms. The summed E-state index contributed by atoms with van der Waals surface area (Å²) in [6, 6.07) is 10.3. The van der Waals surface area contributed by atoms with Crippen LogP contribution in [0.1, 0.15) is 6.92 Å². The lowest BCUT2D eigenvalue weighted by Gasteiger charge is -2.30. The number of carbonyl (C=O) groups is 1. The maximum Gasteiger partial charge on any atom is 0.406 e. The highest BCUT2D eigenvalue weighted by molar-refractivity contribution is 5.78. The standard InChI is InChI=1S/C18H19N3O6/c1-2-20(10-13-11-25-14-6-3-4-7-15(14)27-13)17(22)12-26-16-8-5-9-19-18(16)21(23)24/h3-9,13H,2,10-12H2,1H3/t13-/m0/s1. The van der Waals surface area contributed by atoms with Crippen molar-refractivity contribution in [1.29, 1.82) is 0 Å². The fraction of sp³-hybridized carbons (Fsp3) is 0.333. The normalized spacial score (nSPS) is 15.1. The molecule has 0 radical (unpaired) electrons. The Labute approximate surface area is 155 Å². The molecule has 9 heteroatoms. The van der Waals surface area contributed by atoms with Gasteiger partial charge in [-0.1, -0.05) is 12.1 Å². The second-order valence-electron chi connectivity index (χ2n) is 5.80. The fourth-order valence-electron chi connectivity index (χ4n) is 2.67. The zero-order chi connectivity index (χ0) is 19.2. The quantitative estimate of drug-likeness (QED) is 0.540. The van der Waals surface area contributed by atoms with Crippen molar-refractivity contribution in [3.8, 4) is 17.2 Å². The van der Waals surface area contributed by atoms with E-state index in [1.165, 1.54) is 18.3 Å². The van der Waals surface area contributed by atoms with Crippen molar-refractivity contribution in [3.63, 3.8) is 0 Å². The zero-order valence-electron chi connectivity index (χ0n) is 14.7. The first-order chi connectivity index (χ1) is 13.1. The molecule has 1 amide bonds. The number of pyridine rings is 1. The highest BCUT2D eigenvalue weighted by Gasteiger charge is 2.25. The fourth-order valence-corrected chi connectivity index (χ4v) is 2.67. The molecule has 3 rings (SSSR count). The number of amides is 1. The van der Waals surface area contributed by atoms with Gasteiger partial charge in [0.15, 0.2) is 24.2 Å². The summed E-state index contributed by atoms with van der Waals surface area (Å²) in [7, 11) is 0. The summed E-state index contributed by atoms with van der Waals surface area (Å²) in [5.74, 6) is 0.542. The lowest BCUT2D eigenvalue weighted by molar-refractivity contribution is -0.390. The van der Waals surface area contributed by atoms with Crippen LogP contribution in [-0.2, 0) is 4.79 Å². The summed E-state index contributed by atoms with van der Waals surface area (Å²) in [6.07, 6.45) is 0.986. The summed E-state index contributed by atoms with van der Waals surface area (Å²) in [5, 5.41) is 11.0. The second-order valence-corrected chi connectivity index (χ2v) is 5.80. The first-order valence-corrected chi connectivity index (χ1v) is 8.47. The Bertz CT molecular complexity index is 828. The Kier molecular flexibility index (Phi) is 5.70. The van der Waals surface area contributed by atoms with E-state index < -0.39 is 10.7 Å². The van der Waals surface area contributed by atoms with Crippen LogP contribution < -0.4 is 14.2 Å². The molecule has 1 aliphatic rings. The third kappa shape index (κ3) is 4.43. The van der Waals surface area contributed by atoms with Gasteiger partial charge in [-0.25, -0.2) is 0 Å². The molecular formula is C18H19N3O6. The van der Waals surface area contributed by atoms with Gasteiger partial charge in [0.1, 0.15) is 12.8 Å². The number of nitro groups is 1. The molecule has 9 nitrogen and oxygen atoms in total. The number of aromatic nitrogens is 1. The van der Waals surface area contributed by atoms with Gasteiger partial charge in [-0.3, -0.25) is 4.79 Å². The number of rotatable bonds is 7. The van der Waals surface area contributed by atoms with E-state index in [4.69, 9.17) is 14.2 Å². The van der Waals surface area contributed by atoms with Crippen LogP contribution in [0.15, 0.2) is 42.6 Å². The van der Waals surface area contributed by atoms with Gasteiger partial charge in [-0.05, 0) is 41.1 Å². The third-order valence-electron chi connectivity index (χ3n) is 4.00. The van der Waals surface area contributed by atoms with E-state index >= 15 is 0 Å². The van der Waals surface area contributed by atoms with Crippen molar-refractivity contribution in [2.45, 2.75) is 13.0 Å². The largest absolute Gasteiger partial charge is 0.486 e. The highest BCUT2D eigenvalue weighted by Crippen LogP contribution is 2.31. The van der Waals surface area contributed by atoms with Gasteiger partial charge < -0.3 is 29.2 Å². The van der Waals surface area contributed by atoms with Gasteiger partial charge in [-0.2, -0.15) is 0 Å². The van der Waals surface area contributed by atoms with E-state index in [1.807, 2.05) is 31.2 Å². The molecule has 1 aromatic heterocycles. The molecule has 142 valence electrons. The lowest BCUT2D eigenvalue weighted by atomic mass is 10.2. The molecule has 1 atom stereocenters. The number of carbonyl (C=O) groups excluding carboxylic acids is 1. The molecule has 0 fully saturated rings. The Morgan fingerprint density at radius 2 is 2.11 bits per heavy atom. The number of hydrogen-bond acceptors (Lipinski definition) is 7. The molecule has 2 heterocycles. The van der Waals surface area contributed by atoms with Crippen molar-refractivity contribution in [2.24, 2.45) is 0 Å².